The third-order valence-corrected chi connectivity index (χ3v) is 1.94. The highest BCUT2D eigenvalue weighted by Crippen LogP contribution is 1.94. The molecule has 0 aromatic carbocycles. The van der Waals surface area contributed by atoms with Crippen LogP contribution in [-0.2, 0) is 9.53 Å². The zero-order valence-electron chi connectivity index (χ0n) is 9.08. The van der Waals surface area contributed by atoms with Gasteiger partial charge in [0.15, 0.2) is 0 Å². The number of nitrogens with one attached hydrogen (secondary N) is 1. The summed E-state index contributed by atoms with van der Waals surface area (Å²) in [5.74, 6) is -0.170. The van der Waals surface area contributed by atoms with Gasteiger partial charge in [0.1, 0.15) is 0 Å². The van der Waals surface area contributed by atoms with E-state index in [1.54, 1.807) is 6.92 Å². The zero-order chi connectivity index (χ0) is 10.8. The molecule has 2 N–H and O–H groups in total. The van der Waals surface area contributed by atoms with Gasteiger partial charge in [0.2, 0.25) is 0 Å². The van der Waals surface area contributed by atoms with Crippen molar-refractivity contribution in [2.24, 2.45) is 0 Å². The lowest BCUT2D eigenvalue weighted by molar-refractivity contribution is -0.142. The summed E-state index contributed by atoms with van der Waals surface area (Å²) in [6, 6.07) is 0. The largest absolute Gasteiger partial charge is 0.466 e. The molecule has 0 aromatic rings. The zero-order valence-corrected chi connectivity index (χ0v) is 9.08. The molecule has 0 fully saturated rings. The third-order valence-electron chi connectivity index (χ3n) is 1.94. The molecular weight excluding hydrogens is 182 g/mol. The molecule has 0 heterocycles. The average Bonchev–Trinajstić information content (AvgIpc) is 2.17. The first-order chi connectivity index (χ1) is 6.70. The molecule has 0 radical (unpaired) electrons. The highest BCUT2D eigenvalue weighted by Gasteiger charge is 2.02. The van der Waals surface area contributed by atoms with Gasteiger partial charge in [0.05, 0.1) is 19.1 Å². The molecule has 4 nitrogen and oxygen atoms in total. The van der Waals surface area contributed by atoms with Crippen molar-refractivity contribution in [1.29, 1.82) is 0 Å². The summed E-state index contributed by atoms with van der Waals surface area (Å²) >= 11 is 0. The number of aliphatic hydroxyl groups is 1. The molecule has 1 atom stereocenters. The van der Waals surface area contributed by atoms with E-state index < -0.39 is 0 Å². The van der Waals surface area contributed by atoms with Crippen LogP contribution in [-0.4, -0.2) is 36.9 Å². The summed E-state index contributed by atoms with van der Waals surface area (Å²) in [5.41, 5.74) is 0. The van der Waals surface area contributed by atoms with Gasteiger partial charge in [-0.3, -0.25) is 4.79 Å². The van der Waals surface area contributed by atoms with Crippen molar-refractivity contribution in [3.05, 3.63) is 0 Å². The number of aliphatic hydroxyl groups excluding tert-OH is 1. The van der Waals surface area contributed by atoms with Gasteiger partial charge < -0.3 is 15.2 Å². The molecule has 1 unspecified atom stereocenters. The van der Waals surface area contributed by atoms with Crippen LogP contribution in [0.1, 0.15) is 33.1 Å². The Hall–Kier alpha value is -0.610. The number of esters is 1. The van der Waals surface area contributed by atoms with Crippen molar-refractivity contribution in [3.63, 3.8) is 0 Å². The van der Waals surface area contributed by atoms with Crippen LogP contribution in [0.25, 0.3) is 0 Å². The Morgan fingerprint density at radius 2 is 2.14 bits per heavy atom. The van der Waals surface area contributed by atoms with E-state index in [9.17, 15) is 9.90 Å². The molecule has 0 amide bonds. The molecule has 0 bridgehead atoms. The predicted octanol–water partition coefficient (Wildman–Crippen LogP) is 0.690. The fourth-order valence-corrected chi connectivity index (χ4v) is 1.02. The van der Waals surface area contributed by atoms with Crippen molar-refractivity contribution in [1.82, 2.24) is 5.32 Å². The fourth-order valence-electron chi connectivity index (χ4n) is 1.02. The van der Waals surface area contributed by atoms with Crippen molar-refractivity contribution in [3.8, 4) is 0 Å². The van der Waals surface area contributed by atoms with Crippen molar-refractivity contribution in [2.45, 2.75) is 39.2 Å². The van der Waals surface area contributed by atoms with Crippen LogP contribution >= 0.6 is 0 Å². The molecule has 0 aromatic heterocycles. The minimum atomic E-state index is -0.231. The van der Waals surface area contributed by atoms with E-state index in [-0.39, 0.29) is 12.1 Å². The second-order valence-electron chi connectivity index (χ2n) is 3.16. The van der Waals surface area contributed by atoms with Gasteiger partial charge in [-0.1, -0.05) is 6.92 Å². The molecule has 0 saturated carbocycles. The van der Waals surface area contributed by atoms with Gasteiger partial charge in [0, 0.05) is 6.54 Å². The molecule has 0 spiro atoms. The minimum absolute atomic E-state index is 0.170. The fraction of sp³-hybridized carbons (Fsp3) is 0.900. The maximum atomic E-state index is 10.9. The van der Waals surface area contributed by atoms with Crippen molar-refractivity contribution >= 4 is 5.97 Å². The van der Waals surface area contributed by atoms with E-state index in [4.69, 9.17) is 4.74 Å². The maximum Gasteiger partial charge on any atom is 0.307 e. The van der Waals surface area contributed by atoms with Crippen LogP contribution in [0.5, 0.6) is 0 Å². The van der Waals surface area contributed by atoms with Crippen LogP contribution in [0.4, 0.5) is 0 Å². The SMILES string of the molecule is CCOC(=O)CCNCCC(O)CC. The number of hydrogen-bond donors (Lipinski definition) is 2. The second kappa shape index (κ2) is 8.97. The molecule has 0 aliphatic rings. The summed E-state index contributed by atoms with van der Waals surface area (Å²) in [5, 5.41) is 12.3. The van der Waals surface area contributed by atoms with E-state index in [0.717, 1.165) is 19.4 Å². The van der Waals surface area contributed by atoms with Gasteiger partial charge in [-0.15, -0.1) is 0 Å². The van der Waals surface area contributed by atoms with Gasteiger partial charge >= 0.3 is 5.97 Å². The standard InChI is InChI=1S/C10H21NO3/c1-3-9(12)5-7-11-8-6-10(13)14-4-2/h9,11-12H,3-8H2,1-2H3. The highest BCUT2D eigenvalue weighted by molar-refractivity contribution is 5.69. The van der Waals surface area contributed by atoms with E-state index >= 15 is 0 Å². The van der Waals surface area contributed by atoms with Crippen molar-refractivity contribution < 1.29 is 14.6 Å². The summed E-state index contributed by atoms with van der Waals surface area (Å²) < 4.78 is 4.76. The van der Waals surface area contributed by atoms with Crippen LogP contribution in [0.2, 0.25) is 0 Å². The monoisotopic (exact) mass is 203 g/mol. The topological polar surface area (TPSA) is 58.6 Å². The maximum absolute atomic E-state index is 10.9. The first-order valence-electron chi connectivity index (χ1n) is 5.25. The smallest absolute Gasteiger partial charge is 0.307 e. The number of hydrogen-bond acceptors (Lipinski definition) is 4. The van der Waals surface area contributed by atoms with Crippen LogP contribution in [0.3, 0.4) is 0 Å². The van der Waals surface area contributed by atoms with Gasteiger partial charge in [-0.2, -0.15) is 0 Å². The third kappa shape index (κ3) is 8.01. The summed E-state index contributed by atoms with van der Waals surface area (Å²) in [6.07, 6.45) is 1.68. The Morgan fingerprint density at radius 3 is 2.71 bits per heavy atom. The Balaban J connectivity index is 3.17. The lowest BCUT2D eigenvalue weighted by Gasteiger charge is -2.08. The molecule has 4 heteroatoms. The van der Waals surface area contributed by atoms with Crippen LogP contribution < -0.4 is 5.32 Å². The average molecular weight is 203 g/mol. The first kappa shape index (κ1) is 13.4. The second-order valence-corrected chi connectivity index (χ2v) is 3.16. The molecular formula is C10H21NO3. The molecule has 0 aliphatic heterocycles. The summed E-state index contributed by atoms with van der Waals surface area (Å²) in [7, 11) is 0. The van der Waals surface area contributed by atoms with Gasteiger partial charge in [0.25, 0.3) is 0 Å². The Labute approximate surface area is 85.6 Å². The van der Waals surface area contributed by atoms with Crippen LogP contribution in [0, 0.1) is 0 Å². The minimum Gasteiger partial charge on any atom is -0.466 e. The Kier molecular flexibility index (Phi) is 8.57. The number of ether oxygens (including phenoxy) is 1. The first-order valence-corrected chi connectivity index (χ1v) is 5.25. The molecule has 0 rings (SSSR count). The van der Waals surface area contributed by atoms with E-state index in [1.807, 2.05) is 6.92 Å². The number of carbonyl (C=O) groups is 1. The molecule has 0 saturated heterocycles. The highest BCUT2D eigenvalue weighted by atomic mass is 16.5. The molecule has 14 heavy (non-hydrogen) atoms. The normalized spacial score (nSPS) is 12.5. The van der Waals surface area contributed by atoms with Gasteiger partial charge in [-0.25, -0.2) is 0 Å². The quantitative estimate of drug-likeness (QED) is 0.450. The lowest BCUT2D eigenvalue weighted by atomic mass is 10.2. The number of rotatable bonds is 8. The lowest BCUT2D eigenvalue weighted by Crippen LogP contribution is -2.23. The predicted molar refractivity (Wildman–Crippen MR) is 55.0 cm³/mol. The Morgan fingerprint density at radius 1 is 1.43 bits per heavy atom. The van der Waals surface area contributed by atoms with E-state index in [2.05, 4.69) is 5.32 Å². The Bertz CT molecular complexity index is 150. The summed E-state index contributed by atoms with van der Waals surface area (Å²) in [4.78, 5) is 10.9. The molecule has 84 valence electrons. The van der Waals surface area contributed by atoms with Crippen molar-refractivity contribution in [2.75, 3.05) is 19.7 Å². The number of carbonyl (C=O) groups excluding carboxylic acids is 1. The van der Waals surface area contributed by atoms with Crippen LogP contribution in [0.15, 0.2) is 0 Å². The van der Waals surface area contributed by atoms with Gasteiger partial charge in [-0.05, 0) is 26.3 Å². The summed E-state index contributed by atoms with van der Waals surface area (Å²) in [6.45, 7) is 5.54. The van der Waals surface area contributed by atoms with E-state index in [1.165, 1.54) is 0 Å². The van der Waals surface area contributed by atoms with E-state index in [0.29, 0.717) is 19.6 Å². The molecule has 0 aliphatic carbocycles.